The van der Waals surface area contributed by atoms with Gasteiger partial charge in [0.2, 0.25) is 0 Å². The van der Waals surface area contributed by atoms with Crippen LogP contribution >= 0.6 is 0 Å². The molecule has 5 unspecified atom stereocenters. The predicted octanol–water partition coefficient (Wildman–Crippen LogP) is 8.26. The Labute approximate surface area is 193 Å². The van der Waals surface area contributed by atoms with E-state index in [2.05, 4.69) is 87.7 Å². The Morgan fingerprint density at radius 2 is 1.91 bits per heavy atom. The van der Waals surface area contributed by atoms with Crippen LogP contribution in [-0.2, 0) is 0 Å². The number of allylic oxidation sites excluding steroid dienone is 6. The lowest BCUT2D eigenvalue weighted by molar-refractivity contribution is 0.177. The lowest BCUT2D eigenvalue weighted by Gasteiger charge is -2.43. The fourth-order valence-corrected chi connectivity index (χ4v) is 7.13. The topological polar surface area (TPSA) is 12.9 Å². The van der Waals surface area contributed by atoms with Crippen molar-refractivity contribution in [2.75, 3.05) is 0 Å². The molecular weight excluding hydrogens is 386 g/mol. The van der Waals surface area contributed by atoms with Crippen LogP contribution in [0.3, 0.4) is 0 Å². The molecule has 2 aromatic rings. The molecule has 4 aliphatic carbocycles. The molecule has 5 atom stereocenters. The first-order valence-electron chi connectivity index (χ1n) is 12.7. The Kier molecular flexibility index (Phi) is 4.61. The molecule has 0 N–H and O–H groups in total. The molecule has 2 saturated carbocycles. The maximum absolute atomic E-state index is 5.05. The van der Waals surface area contributed by atoms with Crippen LogP contribution in [0.15, 0.2) is 78.0 Å². The molecule has 1 heterocycles. The summed E-state index contributed by atoms with van der Waals surface area (Å²) in [5, 5.41) is 0. The second kappa shape index (κ2) is 7.30. The molecule has 0 aliphatic heterocycles. The van der Waals surface area contributed by atoms with E-state index >= 15 is 0 Å². The first-order chi connectivity index (χ1) is 15.6. The molecule has 0 bridgehead atoms. The molecule has 0 saturated heterocycles. The third kappa shape index (κ3) is 2.86. The van der Waals surface area contributed by atoms with Gasteiger partial charge in [0.05, 0.1) is 5.69 Å². The quantitative estimate of drug-likeness (QED) is 0.428. The van der Waals surface area contributed by atoms with E-state index in [4.69, 9.17) is 4.98 Å². The van der Waals surface area contributed by atoms with E-state index in [1.54, 1.807) is 5.57 Å². The Morgan fingerprint density at radius 3 is 2.56 bits per heavy atom. The first kappa shape index (κ1) is 20.2. The van der Waals surface area contributed by atoms with Crippen LogP contribution in [0.25, 0.3) is 16.7 Å². The van der Waals surface area contributed by atoms with Crippen molar-refractivity contribution in [1.82, 2.24) is 4.98 Å². The summed E-state index contributed by atoms with van der Waals surface area (Å²) in [6, 6.07) is 15.2. The lowest BCUT2D eigenvalue weighted by Crippen LogP contribution is -2.32. The Balaban J connectivity index is 1.41. The van der Waals surface area contributed by atoms with Crippen LogP contribution in [0.2, 0.25) is 0 Å². The maximum atomic E-state index is 5.05. The molecule has 1 aromatic heterocycles. The molecular formula is C31H35N. The van der Waals surface area contributed by atoms with Crippen LogP contribution in [0.4, 0.5) is 0 Å². The van der Waals surface area contributed by atoms with Crippen molar-refractivity contribution < 1.29 is 0 Å². The molecule has 2 fully saturated rings. The highest BCUT2D eigenvalue weighted by Crippen LogP contribution is 2.79. The average molecular weight is 422 g/mol. The van der Waals surface area contributed by atoms with Crippen LogP contribution in [0.1, 0.15) is 65.0 Å². The van der Waals surface area contributed by atoms with Crippen molar-refractivity contribution in [2.24, 2.45) is 28.6 Å². The fourth-order valence-electron chi connectivity index (χ4n) is 7.13. The van der Waals surface area contributed by atoms with Gasteiger partial charge in [0.15, 0.2) is 0 Å². The number of nitrogens with zero attached hydrogens (tertiary/aromatic N) is 1. The molecule has 0 amide bonds. The van der Waals surface area contributed by atoms with Gasteiger partial charge in [0, 0.05) is 11.8 Å². The van der Waals surface area contributed by atoms with E-state index in [1.165, 1.54) is 48.1 Å². The zero-order chi connectivity index (χ0) is 21.9. The van der Waals surface area contributed by atoms with Gasteiger partial charge in [0.1, 0.15) is 0 Å². The number of aromatic nitrogens is 1. The Bertz CT molecular complexity index is 1120. The van der Waals surface area contributed by atoms with Crippen molar-refractivity contribution in [3.63, 3.8) is 0 Å². The second-order valence-corrected chi connectivity index (χ2v) is 10.9. The van der Waals surface area contributed by atoms with E-state index in [9.17, 15) is 0 Å². The third-order valence-corrected chi connectivity index (χ3v) is 9.45. The normalized spacial score (nSPS) is 32.0. The average Bonchev–Trinajstić information content (AvgIpc) is 3.57. The third-order valence-electron chi connectivity index (χ3n) is 9.45. The monoisotopic (exact) mass is 421 g/mol. The lowest BCUT2D eigenvalue weighted by atomic mass is 9.61. The standard InChI is InChI=1S/C31H35N/c1-4-6-15-30(3,5-2)27-18-24-23(28-19-31(28)16-14-26(24)31)17-25(27)29-13-12-22(20-32-29)21-10-8-7-9-11-21/h6-13,15,17,20,26-28H,4-5,14,16,18-19H2,1-3H3. The van der Waals surface area contributed by atoms with E-state index in [0.29, 0.717) is 11.3 Å². The molecule has 1 aromatic carbocycles. The molecule has 1 heteroatoms. The molecule has 4 aliphatic rings. The van der Waals surface area contributed by atoms with Crippen LogP contribution < -0.4 is 0 Å². The summed E-state index contributed by atoms with van der Waals surface area (Å²) in [5.74, 6) is 2.27. The Hall–Kier alpha value is -2.41. The minimum absolute atomic E-state index is 0.170. The van der Waals surface area contributed by atoms with Gasteiger partial charge in [-0.2, -0.15) is 0 Å². The summed E-state index contributed by atoms with van der Waals surface area (Å²) in [7, 11) is 0. The van der Waals surface area contributed by atoms with Crippen LogP contribution in [0, 0.1) is 28.6 Å². The number of benzene rings is 1. The summed E-state index contributed by atoms with van der Waals surface area (Å²) < 4.78 is 0. The summed E-state index contributed by atoms with van der Waals surface area (Å²) in [4.78, 5) is 5.05. The molecule has 32 heavy (non-hydrogen) atoms. The largest absolute Gasteiger partial charge is 0.256 e. The predicted molar refractivity (Wildman–Crippen MR) is 134 cm³/mol. The fraction of sp³-hybridized carbons (Fsp3) is 0.452. The zero-order valence-electron chi connectivity index (χ0n) is 19.8. The van der Waals surface area contributed by atoms with Gasteiger partial charge in [-0.3, -0.25) is 4.98 Å². The van der Waals surface area contributed by atoms with Gasteiger partial charge >= 0.3 is 0 Å². The van der Waals surface area contributed by atoms with Crippen LogP contribution in [0.5, 0.6) is 0 Å². The minimum Gasteiger partial charge on any atom is -0.256 e. The SMILES string of the molecule is CCC=CC(C)(CC)C1CC2=C(C=C1c1ccc(-c3ccccc3)cn1)C1CC13CCC23. The molecule has 1 spiro atoms. The van der Waals surface area contributed by atoms with Gasteiger partial charge in [0.25, 0.3) is 0 Å². The van der Waals surface area contributed by atoms with E-state index in [1.807, 2.05) is 5.57 Å². The number of fused-ring (bicyclic) bond motifs is 2. The second-order valence-electron chi connectivity index (χ2n) is 10.9. The maximum Gasteiger partial charge on any atom is 0.0665 e. The smallest absolute Gasteiger partial charge is 0.0665 e. The molecule has 0 radical (unpaired) electrons. The number of hydrogen-bond donors (Lipinski definition) is 0. The number of pyridine rings is 1. The first-order valence-corrected chi connectivity index (χ1v) is 12.7. The van der Waals surface area contributed by atoms with Crippen molar-refractivity contribution in [3.8, 4) is 11.1 Å². The molecule has 164 valence electrons. The van der Waals surface area contributed by atoms with Crippen molar-refractivity contribution in [1.29, 1.82) is 0 Å². The van der Waals surface area contributed by atoms with E-state index < -0.39 is 0 Å². The highest BCUT2D eigenvalue weighted by atomic mass is 14.7. The molecule has 1 nitrogen and oxygen atoms in total. The Morgan fingerprint density at radius 1 is 1.06 bits per heavy atom. The van der Waals surface area contributed by atoms with Gasteiger partial charge < -0.3 is 0 Å². The van der Waals surface area contributed by atoms with Crippen molar-refractivity contribution in [3.05, 3.63) is 83.7 Å². The molecule has 6 rings (SSSR count). The van der Waals surface area contributed by atoms with E-state index in [0.717, 1.165) is 24.7 Å². The highest BCUT2D eigenvalue weighted by molar-refractivity contribution is 5.75. The number of rotatable bonds is 6. The zero-order valence-corrected chi connectivity index (χ0v) is 19.8. The van der Waals surface area contributed by atoms with E-state index in [-0.39, 0.29) is 5.41 Å². The minimum atomic E-state index is 0.170. The van der Waals surface area contributed by atoms with Gasteiger partial charge in [-0.15, -0.1) is 0 Å². The summed E-state index contributed by atoms with van der Waals surface area (Å²) in [6.45, 7) is 7.09. The highest BCUT2D eigenvalue weighted by Gasteiger charge is 2.70. The van der Waals surface area contributed by atoms with Crippen molar-refractivity contribution >= 4 is 5.57 Å². The van der Waals surface area contributed by atoms with Crippen LogP contribution in [-0.4, -0.2) is 4.98 Å². The summed E-state index contributed by atoms with van der Waals surface area (Å²) in [5.41, 5.74) is 9.50. The summed E-state index contributed by atoms with van der Waals surface area (Å²) in [6.07, 6.45) is 17.4. The summed E-state index contributed by atoms with van der Waals surface area (Å²) >= 11 is 0. The van der Waals surface area contributed by atoms with Crippen molar-refractivity contribution in [2.45, 2.75) is 59.3 Å². The number of hydrogen-bond acceptors (Lipinski definition) is 1. The van der Waals surface area contributed by atoms with Gasteiger partial charge in [-0.1, -0.05) is 81.0 Å². The van der Waals surface area contributed by atoms with Gasteiger partial charge in [-0.25, -0.2) is 0 Å². The van der Waals surface area contributed by atoms with Gasteiger partial charge in [-0.05, 0) is 89.9 Å².